The van der Waals surface area contributed by atoms with E-state index in [-0.39, 0.29) is 29.5 Å². The standard InChI is InChI=1S/C21H27N7O6/c1-10(19(31)32)7-14(20(33)34)25-17(29)11-3-5-12(6-4-11)23-8-13-9-24-16-15(28(13)2)18(30)27-21(22)26-16/h3-6,10,13-14,23H,7-9H2,1-2H3,(H,25,29)(H,31,32)(H,33,34)(H4,22,24,26,27,30)/t10?,13?,14-/m0/s1. The number of hydrogen-bond donors (Lipinski definition) is 7. The van der Waals surface area contributed by atoms with Gasteiger partial charge in [-0.2, -0.15) is 4.98 Å². The normalized spacial score (nSPS) is 16.5. The highest BCUT2D eigenvalue weighted by atomic mass is 16.4. The van der Waals surface area contributed by atoms with E-state index in [2.05, 4.69) is 25.9 Å². The number of aromatic nitrogens is 2. The van der Waals surface area contributed by atoms with Crippen molar-refractivity contribution < 1.29 is 24.6 Å². The third-order valence-electron chi connectivity index (χ3n) is 5.62. The zero-order valence-corrected chi connectivity index (χ0v) is 18.7. The number of nitrogens with two attached hydrogens (primary N) is 1. The molecule has 182 valence electrons. The van der Waals surface area contributed by atoms with Gasteiger partial charge in [0.05, 0.1) is 12.0 Å². The molecule has 2 heterocycles. The number of carboxylic acid groups (broad SMARTS) is 2. The van der Waals surface area contributed by atoms with Crippen LogP contribution in [0.15, 0.2) is 29.1 Å². The molecule has 3 rings (SSSR count). The highest BCUT2D eigenvalue weighted by Crippen LogP contribution is 2.25. The van der Waals surface area contributed by atoms with Crippen LogP contribution in [-0.4, -0.2) is 70.2 Å². The Morgan fingerprint density at radius 2 is 1.91 bits per heavy atom. The lowest BCUT2D eigenvalue weighted by atomic mass is 10.0. The first kappa shape index (κ1) is 24.4. The van der Waals surface area contributed by atoms with Crippen LogP contribution < -0.4 is 32.1 Å². The van der Waals surface area contributed by atoms with Crippen LogP contribution in [0.1, 0.15) is 23.7 Å². The number of H-pyrrole nitrogens is 1. The Bertz CT molecular complexity index is 1130. The van der Waals surface area contributed by atoms with Crippen molar-refractivity contribution in [1.29, 1.82) is 0 Å². The van der Waals surface area contributed by atoms with E-state index >= 15 is 0 Å². The van der Waals surface area contributed by atoms with Crippen molar-refractivity contribution in [2.24, 2.45) is 5.92 Å². The topological polar surface area (TPSA) is 203 Å². The number of carboxylic acids is 2. The number of rotatable bonds is 9. The Kier molecular flexibility index (Phi) is 7.24. The zero-order chi connectivity index (χ0) is 25.0. The van der Waals surface area contributed by atoms with Crippen LogP contribution in [0, 0.1) is 5.92 Å². The summed E-state index contributed by atoms with van der Waals surface area (Å²) in [5, 5.41) is 27.0. The molecule has 0 spiro atoms. The van der Waals surface area contributed by atoms with Crippen molar-refractivity contribution in [3.8, 4) is 0 Å². The lowest BCUT2D eigenvalue weighted by Crippen LogP contribution is -2.48. The SMILES string of the molecule is CC(C[C@H](NC(=O)c1ccc(NCC2CNc3nc(N)[nH]c(=O)c3N2C)cc1)C(=O)O)C(=O)O. The lowest BCUT2D eigenvalue weighted by molar-refractivity contribution is -0.143. The van der Waals surface area contributed by atoms with Crippen LogP contribution in [-0.2, 0) is 9.59 Å². The molecule has 13 nitrogen and oxygen atoms in total. The van der Waals surface area contributed by atoms with Crippen LogP contribution in [0.4, 0.5) is 23.1 Å². The van der Waals surface area contributed by atoms with Crippen molar-refractivity contribution in [3.05, 3.63) is 40.2 Å². The van der Waals surface area contributed by atoms with Gasteiger partial charge < -0.3 is 36.8 Å². The molecule has 2 unspecified atom stereocenters. The third-order valence-corrected chi connectivity index (χ3v) is 5.62. The summed E-state index contributed by atoms with van der Waals surface area (Å²) in [5.41, 5.74) is 6.60. The predicted octanol–water partition coefficient (Wildman–Crippen LogP) is -0.0117. The Labute approximate surface area is 194 Å². The van der Waals surface area contributed by atoms with Gasteiger partial charge in [0.2, 0.25) is 5.95 Å². The Balaban J connectivity index is 1.59. The molecular formula is C21H27N7O6. The number of carbonyl (C=O) groups excluding carboxylic acids is 1. The van der Waals surface area contributed by atoms with E-state index in [0.29, 0.717) is 24.6 Å². The largest absolute Gasteiger partial charge is 0.481 e. The molecule has 0 fully saturated rings. The van der Waals surface area contributed by atoms with E-state index in [1.54, 1.807) is 19.2 Å². The first-order chi connectivity index (χ1) is 16.1. The summed E-state index contributed by atoms with van der Waals surface area (Å²) in [6.07, 6.45) is -0.229. The third kappa shape index (κ3) is 5.54. The van der Waals surface area contributed by atoms with Crippen molar-refractivity contribution in [3.63, 3.8) is 0 Å². The number of likely N-dealkylation sites (N-methyl/N-ethyl adjacent to an activating group) is 1. The summed E-state index contributed by atoms with van der Waals surface area (Å²) in [5.74, 6) is -3.51. The minimum absolute atomic E-state index is 0.0384. The van der Waals surface area contributed by atoms with Crippen LogP contribution >= 0.6 is 0 Å². The summed E-state index contributed by atoms with van der Waals surface area (Å²) in [6.45, 7) is 2.38. The number of nitrogens with one attached hydrogen (secondary N) is 4. The Morgan fingerprint density at radius 3 is 2.53 bits per heavy atom. The van der Waals surface area contributed by atoms with Crippen LogP contribution in [0.3, 0.4) is 0 Å². The van der Waals surface area contributed by atoms with E-state index in [1.165, 1.54) is 19.1 Å². The number of amides is 1. The molecule has 1 aliphatic heterocycles. The molecule has 3 atom stereocenters. The number of hydrogen-bond acceptors (Lipinski definition) is 9. The number of aliphatic carboxylic acids is 2. The fraction of sp³-hybridized carbons (Fsp3) is 0.381. The van der Waals surface area contributed by atoms with Gasteiger partial charge in [-0.25, -0.2) is 4.79 Å². The molecule has 2 aromatic rings. The quantitative estimate of drug-likeness (QED) is 0.258. The molecule has 0 saturated carbocycles. The maximum atomic E-state index is 12.4. The number of carbonyl (C=O) groups is 3. The lowest BCUT2D eigenvalue weighted by Gasteiger charge is -2.35. The summed E-state index contributed by atoms with van der Waals surface area (Å²) >= 11 is 0. The summed E-state index contributed by atoms with van der Waals surface area (Å²) in [6, 6.07) is 5.02. The van der Waals surface area contributed by atoms with E-state index < -0.39 is 29.8 Å². The molecule has 0 saturated heterocycles. The van der Waals surface area contributed by atoms with E-state index in [1.807, 2.05) is 4.90 Å². The molecule has 13 heteroatoms. The summed E-state index contributed by atoms with van der Waals surface area (Å²) in [7, 11) is 1.79. The molecule has 0 bridgehead atoms. The first-order valence-corrected chi connectivity index (χ1v) is 10.5. The highest BCUT2D eigenvalue weighted by molar-refractivity contribution is 5.97. The van der Waals surface area contributed by atoms with Crippen molar-refractivity contribution in [2.45, 2.75) is 25.4 Å². The number of aromatic amines is 1. The molecule has 1 amide bonds. The van der Waals surface area contributed by atoms with Gasteiger partial charge in [0.15, 0.2) is 5.82 Å². The Morgan fingerprint density at radius 1 is 1.24 bits per heavy atom. The second kappa shape index (κ2) is 10.1. The smallest absolute Gasteiger partial charge is 0.326 e. The van der Waals surface area contributed by atoms with Gasteiger partial charge >= 0.3 is 11.9 Å². The fourth-order valence-electron chi connectivity index (χ4n) is 3.57. The second-order valence-corrected chi connectivity index (χ2v) is 8.09. The van der Waals surface area contributed by atoms with Gasteiger partial charge in [-0.15, -0.1) is 0 Å². The average Bonchev–Trinajstić information content (AvgIpc) is 2.77. The monoisotopic (exact) mass is 473 g/mol. The molecule has 0 aliphatic carbocycles. The predicted molar refractivity (Wildman–Crippen MR) is 125 cm³/mol. The Hall–Kier alpha value is -4.29. The van der Waals surface area contributed by atoms with Gasteiger partial charge in [0.25, 0.3) is 11.5 Å². The highest BCUT2D eigenvalue weighted by Gasteiger charge is 2.28. The van der Waals surface area contributed by atoms with E-state index in [4.69, 9.17) is 10.8 Å². The molecule has 34 heavy (non-hydrogen) atoms. The maximum Gasteiger partial charge on any atom is 0.326 e. The van der Waals surface area contributed by atoms with Gasteiger partial charge in [-0.05, 0) is 30.7 Å². The number of benzene rings is 1. The first-order valence-electron chi connectivity index (χ1n) is 10.5. The fourth-order valence-corrected chi connectivity index (χ4v) is 3.57. The minimum atomic E-state index is -1.32. The minimum Gasteiger partial charge on any atom is -0.481 e. The number of fused-ring (bicyclic) bond motifs is 1. The molecule has 8 N–H and O–H groups in total. The van der Waals surface area contributed by atoms with Crippen molar-refractivity contribution in [2.75, 3.05) is 41.4 Å². The van der Waals surface area contributed by atoms with Crippen molar-refractivity contribution in [1.82, 2.24) is 15.3 Å². The molecule has 0 radical (unpaired) electrons. The molecule has 1 aliphatic rings. The van der Waals surface area contributed by atoms with Gasteiger partial charge in [0.1, 0.15) is 11.7 Å². The molecular weight excluding hydrogens is 446 g/mol. The number of nitrogens with zero attached hydrogens (tertiary/aromatic N) is 2. The summed E-state index contributed by atoms with van der Waals surface area (Å²) < 4.78 is 0. The van der Waals surface area contributed by atoms with Crippen molar-refractivity contribution >= 4 is 41.0 Å². The van der Waals surface area contributed by atoms with Crippen LogP contribution in [0.5, 0.6) is 0 Å². The second-order valence-electron chi connectivity index (χ2n) is 8.09. The molecule has 1 aromatic carbocycles. The van der Waals surface area contributed by atoms with Gasteiger partial charge in [-0.1, -0.05) is 6.92 Å². The van der Waals surface area contributed by atoms with Crippen LogP contribution in [0.25, 0.3) is 0 Å². The summed E-state index contributed by atoms with van der Waals surface area (Å²) in [4.78, 5) is 55.5. The van der Waals surface area contributed by atoms with Crippen LogP contribution in [0.2, 0.25) is 0 Å². The van der Waals surface area contributed by atoms with E-state index in [0.717, 1.165) is 5.69 Å². The van der Waals surface area contributed by atoms with Gasteiger partial charge in [0, 0.05) is 31.4 Å². The maximum absolute atomic E-state index is 12.4. The van der Waals surface area contributed by atoms with Gasteiger partial charge in [-0.3, -0.25) is 19.4 Å². The average molecular weight is 473 g/mol. The zero-order valence-electron chi connectivity index (χ0n) is 18.7. The van der Waals surface area contributed by atoms with E-state index in [9.17, 15) is 24.3 Å². The number of nitrogen functional groups attached to an aromatic ring is 1. The molecule has 1 aromatic heterocycles. The number of anilines is 4.